The second kappa shape index (κ2) is 8.42. The maximum absolute atomic E-state index is 13.6. The molecule has 1 atom stereocenters. The molecule has 0 bridgehead atoms. The molecule has 0 aliphatic carbocycles. The Morgan fingerprint density at radius 3 is 2.00 bits per heavy atom. The Labute approximate surface area is 176 Å². The maximum atomic E-state index is 13.6. The standard InChI is InChI=1S/C15H10F8O3S.Na/c16-12(8-13(17,18)19)14(20,21)15(22,23)26-27(24,25)11-7-3-5-9-4-1-2-6-10(9)11;/h1-7,12H,8H2;. The van der Waals surface area contributed by atoms with Crippen molar-refractivity contribution in [1.82, 2.24) is 0 Å². The van der Waals surface area contributed by atoms with Crippen molar-refractivity contribution >= 4 is 50.4 Å². The Kier molecular flexibility index (Phi) is 7.55. The Balaban J connectivity index is 0.00000392. The van der Waals surface area contributed by atoms with E-state index >= 15 is 0 Å². The summed E-state index contributed by atoms with van der Waals surface area (Å²) in [6.07, 6.45) is -18.9. The first-order valence-electron chi connectivity index (χ1n) is 7.07. The van der Waals surface area contributed by atoms with E-state index in [0.29, 0.717) is 0 Å². The molecule has 0 saturated heterocycles. The van der Waals surface area contributed by atoms with Gasteiger partial charge in [0.15, 0.2) is 6.17 Å². The summed E-state index contributed by atoms with van der Waals surface area (Å²) in [7, 11) is -5.58. The van der Waals surface area contributed by atoms with Gasteiger partial charge in [0.05, 0.1) is 6.42 Å². The van der Waals surface area contributed by atoms with Crippen LogP contribution in [0, 0.1) is 0 Å². The van der Waals surface area contributed by atoms with Gasteiger partial charge in [-0.05, 0) is 11.5 Å². The third kappa shape index (κ3) is 5.35. The molecular formula is C15H10F8NaO3S. The largest absolute Gasteiger partial charge is 0.436 e. The van der Waals surface area contributed by atoms with Crippen molar-refractivity contribution < 1.29 is 47.7 Å². The van der Waals surface area contributed by atoms with E-state index in [1.165, 1.54) is 30.3 Å². The minimum atomic E-state index is -6.06. The predicted octanol–water partition coefficient (Wildman–Crippen LogP) is 4.68. The van der Waals surface area contributed by atoms with Gasteiger partial charge in [0.1, 0.15) is 4.90 Å². The second-order valence-corrected chi connectivity index (χ2v) is 6.96. The zero-order chi connectivity index (χ0) is 20.7. The van der Waals surface area contributed by atoms with Crippen LogP contribution in [-0.4, -0.2) is 62.4 Å². The van der Waals surface area contributed by atoms with Crippen molar-refractivity contribution in [2.24, 2.45) is 0 Å². The van der Waals surface area contributed by atoms with E-state index in [4.69, 9.17) is 0 Å². The average Bonchev–Trinajstić information content (AvgIpc) is 2.51. The number of fused-ring (bicyclic) bond motifs is 1. The number of benzene rings is 2. The fraction of sp³-hybridized carbons (Fsp3) is 0.333. The minimum Gasteiger partial charge on any atom is -0.240 e. The molecule has 2 aromatic carbocycles. The fourth-order valence-corrected chi connectivity index (χ4v) is 3.34. The van der Waals surface area contributed by atoms with Crippen molar-refractivity contribution in [2.75, 3.05) is 0 Å². The smallest absolute Gasteiger partial charge is 0.240 e. The molecule has 0 aromatic heterocycles. The Morgan fingerprint density at radius 2 is 1.43 bits per heavy atom. The van der Waals surface area contributed by atoms with Crippen molar-refractivity contribution in [1.29, 1.82) is 0 Å². The van der Waals surface area contributed by atoms with E-state index in [2.05, 4.69) is 4.18 Å². The number of hydrogen-bond donors (Lipinski definition) is 0. The monoisotopic (exact) mass is 445 g/mol. The molecule has 1 unspecified atom stereocenters. The van der Waals surface area contributed by atoms with Crippen LogP contribution in [0.4, 0.5) is 35.1 Å². The van der Waals surface area contributed by atoms with Gasteiger partial charge in [0, 0.05) is 34.9 Å². The van der Waals surface area contributed by atoms with Crippen LogP contribution in [0.15, 0.2) is 47.4 Å². The van der Waals surface area contributed by atoms with Gasteiger partial charge in [-0.3, -0.25) is 0 Å². The van der Waals surface area contributed by atoms with Gasteiger partial charge in [-0.15, -0.1) is 0 Å². The summed E-state index contributed by atoms with van der Waals surface area (Å²) in [5.74, 6) is -6.06. The molecule has 3 nitrogen and oxygen atoms in total. The van der Waals surface area contributed by atoms with Gasteiger partial charge in [-0.2, -0.15) is 43.3 Å². The van der Waals surface area contributed by atoms with E-state index in [-0.39, 0.29) is 40.3 Å². The van der Waals surface area contributed by atoms with Gasteiger partial charge in [-0.1, -0.05) is 36.4 Å². The van der Waals surface area contributed by atoms with E-state index < -0.39 is 45.8 Å². The summed E-state index contributed by atoms with van der Waals surface area (Å²) in [5.41, 5.74) is 0. The number of rotatable bonds is 6. The first-order valence-corrected chi connectivity index (χ1v) is 8.48. The van der Waals surface area contributed by atoms with Gasteiger partial charge in [0.25, 0.3) is 0 Å². The summed E-state index contributed by atoms with van der Waals surface area (Å²) in [5, 5.41) is 0.0731. The predicted molar refractivity (Wildman–Crippen MR) is 83.4 cm³/mol. The third-order valence-electron chi connectivity index (χ3n) is 3.43. The summed E-state index contributed by atoms with van der Waals surface area (Å²) in [6.45, 7) is 0. The Bertz CT molecular complexity index is 925. The van der Waals surface area contributed by atoms with Crippen LogP contribution in [0.5, 0.6) is 0 Å². The summed E-state index contributed by atoms with van der Waals surface area (Å²) < 4.78 is 131. The molecule has 0 aliphatic rings. The summed E-state index contributed by atoms with van der Waals surface area (Å²) >= 11 is 0. The third-order valence-corrected chi connectivity index (χ3v) is 4.75. The second-order valence-electron chi connectivity index (χ2n) is 5.44. The molecule has 0 fully saturated rings. The van der Waals surface area contributed by atoms with Crippen LogP contribution in [0.25, 0.3) is 10.8 Å². The molecule has 28 heavy (non-hydrogen) atoms. The van der Waals surface area contributed by atoms with Crippen LogP contribution < -0.4 is 0 Å². The number of alkyl halides is 8. The van der Waals surface area contributed by atoms with E-state index in [9.17, 15) is 43.5 Å². The zero-order valence-corrected chi connectivity index (χ0v) is 16.8. The number of hydrogen-bond acceptors (Lipinski definition) is 3. The number of halogens is 8. The first kappa shape index (κ1) is 25.1. The van der Waals surface area contributed by atoms with Crippen molar-refractivity contribution in [2.45, 2.75) is 35.7 Å². The Hall–Kier alpha value is -0.950. The first-order chi connectivity index (χ1) is 12.2. The summed E-state index contributed by atoms with van der Waals surface area (Å²) in [4.78, 5) is -0.928. The van der Waals surface area contributed by atoms with Crippen molar-refractivity contribution in [3.63, 3.8) is 0 Å². The fourth-order valence-electron chi connectivity index (χ4n) is 2.17. The SMILES string of the molecule is O=S(=O)(OC(F)(F)C(F)(F)C(F)CC(F)(F)F)c1cccc2ccccc12.[Na]. The van der Waals surface area contributed by atoms with Crippen LogP contribution >= 0.6 is 0 Å². The molecule has 2 rings (SSSR count). The van der Waals surface area contributed by atoms with Gasteiger partial charge in [-0.25, -0.2) is 4.39 Å². The zero-order valence-electron chi connectivity index (χ0n) is 14.0. The quantitative estimate of drug-likeness (QED) is 0.369. The molecule has 0 amide bonds. The summed E-state index contributed by atoms with van der Waals surface area (Å²) in [6, 6.07) is 8.64. The average molecular weight is 445 g/mol. The van der Waals surface area contributed by atoms with Crippen molar-refractivity contribution in [3.8, 4) is 0 Å². The van der Waals surface area contributed by atoms with E-state index in [1.807, 2.05) is 0 Å². The van der Waals surface area contributed by atoms with Gasteiger partial charge >= 0.3 is 28.3 Å². The van der Waals surface area contributed by atoms with Crippen molar-refractivity contribution in [3.05, 3.63) is 42.5 Å². The molecule has 2 aromatic rings. The molecule has 1 radical (unpaired) electrons. The molecule has 0 N–H and O–H groups in total. The molecule has 0 aliphatic heterocycles. The van der Waals surface area contributed by atoms with E-state index in [0.717, 1.165) is 12.1 Å². The normalized spacial score (nSPS) is 14.6. The minimum absolute atomic E-state index is 0. The van der Waals surface area contributed by atoms with Crippen LogP contribution in [0.2, 0.25) is 0 Å². The molecule has 13 heteroatoms. The molecular weight excluding hydrogens is 435 g/mol. The topological polar surface area (TPSA) is 43.4 Å². The van der Waals surface area contributed by atoms with E-state index in [1.54, 1.807) is 0 Å². The maximum Gasteiger partial charge on any atom is 0.436 e. The Morgan fingerprint density at radius 1 is 0.893 bits per heavy atom. The molecule has 0 spiro atoms. The van der Waals surface area contributed by atoms with Gasteiger partial charge in [0.2, 0.25) is 0 Å². The molecule has 151 valence electrons. The molecule has 0 saturated carbocycles. The van der Waals surface area contributed by atoms with Crippen LogP contribution in [-0.2, 0) is 14.3 Å². The van der Waals surface area contributed by atoms with Crippen LogP contribution in [0.1, 0.15) is 6.42 Å². The molecule has 0 heterocycles. The van der Waals surface area contributed by atoms with Crippen LogP contribution in [0.3, 0.4) is 0 Å². The van der Waals surface area contributed by atoms with Gasteiger partial charge < -0.3 is 0 Å².